The molecule has 4 aromatic carbocycles. The number of methoxy groups -OCH3 is 2. The fourth-order valence-corrected chi connectivity index (χ4v) is 18.7. The summed E-state index contributed by atoms with van der Waals surface area (Å²) in [4.78, 5) is 131. The number of nitrogens with two attached hydrogens (primary N) is 1. The van der Waals surface area contributed by atoms with Crippen molar-refractivity contribution in [2.45, 2.75) is 215 Å². The summed E-state index contributed by atoms with van der Waals surface area (Å²) in [5.74, 6) is -3.35. The molecule has 4 aliphatic carbocycles. The number of likely N-dealkylation sites (tertiary alicyclic amines) is 2. The molecule has 7 amide bonds. The summed E-state index contributed by atoms with van der Waals surface area (Å²) in [6.45, 7) is 28.5. The van der Waals surface area contributed by atoms with Gasteiger partial charge < -0.3 is 64.6 Å². The number of hydrogen-bond acceptors (Lipinski definition) is 22. The van der Waals surface area contributed by atoms with Crippen molar-refractivity contribution in [3.05, 3.63) is 195 Å². The molecule has 6 heterocycles. The second-order valence-electron chi connectivity index (χ2n) is 37.6. The van der Waals surface area contributed by atoms with Gasteiger partial charge >= 0.3 is 18.2 Å². The fraction of sp³-hybridized carbons (Fsp3) is 0.447. The number of nitrogens with zero attached hydrogens (tertiary/aromatic N) is 6. The van der Waals surface area contributed by atoms with Gasteiger partial charge in [0, 0.05) is 135 Å². The van der Waals surface area contributed by atoms with E-state index in [0.29, 0.717) is 88.3 Å². The Kier molecular flexibility index (Phi) is 30.1. The third-order valence-corrected chi connectivity index (χ3v) is 27.5. The maximum atomic E-state index is 14.8. The van der Waals surface area contributed by atoms with E-state index in [9.17, 15) is 60.3 Å². The van der Waals surface area contributed by atoms with Gasteiger partial charge in [-0.25, -0.2) is 46.3 Å². The second kappa shape index (κ2) is 39.4. The quantitative estimate of drug-likeness (QED) is 0.0186. The summed E-state index contributed by atoms with van der Waals surface area (Å²) in [6, 6.07) is 36.3. The molecule has 0 unspecified atom stereocenters. The van der Waals surface area contributed by atoms with Crippen molar-refractivity contribution in [2.24, 2.45) is 27.8 Å². The monoisotopic (exact) mass is 2030 g/mol. The number of benzene rings is 4. The zero-order valence-corrected chi connectivity index (χ0v) is 80.9. The van der Waals surface area contributed by atoms with Gasteiger partial charge in [0.2, 0.25) is 43.7 Å². The first kappa shape index (κ1) is 98.6. The van der Waals surface area contributed by atoms with Crippen LogP contribution >= 0.6 is 0 Å². The van der Waals surface area contributed by atoms with Crippen molar-refractivity contribution in [1.82, 2.24) is 55.7 Å². The van der Waals surface area contributed by atoms with E-state index < -0.39 is 159 Å². The van der Waals surface area contributed by atoms with Gasteiger partial charge in [0.15, 0.2) is 0 Å². The van der Waals surface area contributed by atoms with E-state index in [2.05, 4.69) is 57.5 Å². The first-order valence-corrected chi connectivity index (χ1v) is 45.2. The third kappa shape index (κ3) is 23.6. The molecule has 0 bridgehead atoms. The average Bonchev–Trinajstić information content (AvgIpc) is 1.56. The largest absolute Gasteiger partial charge is 0.497 e. The standard InChI is InChI=1S/C47H56N6O9S.C38H46N4O8.C9H12N2O2S.BH.U/c1-9-31-27-47(31,42(56)52-63(58,59)46(19-20-46)26-29-17-21-48-22-18-29)51-40(54)37-24-33(28-53(37)41(55)39(44(2,3)4)50-43(57)62-45(5,6)7)61-38-25-35(30-13-11-10-12-14-30)49-36-23-32(60-8)15-16-34(36)38;1-9-23-20-38(23,34(45)46)41-32(43)29-18-25(21-42(29)33(44)31(36(2,3)4)40-35(47)50-37(5,6)7)49-30-19-27(22-13-11-10-12-14-22)39-28-17-24(48-8)15-16-26(28)30;10-14(12,13)9(3-4-9)7-8-1-5-11-6-2-8;;/h9-18,21-23,25,31,33,37,39H,1,19-20,24,26-28H2,2-8H3,(H,50,57)(H,51,54)(H,52,56);9-17,19,23,25,29,31H,1,18,20-21H2,2-8H3,(H,40,47)(H,41,43)(H,45,46);1-2,5-6H,3-4,7H2,(H2,10,12,13);1H;/t31-,33-,37+,39-,47-;23-,25-,29+,31-,38-;;;/m11.../s1/i;;;1D;. The van der Waals surface area contributed by atoms with Gasteiger partial charge in [-0.05, 0) is 165 Å². The molecule has 2 radical (unpaired) electrons. The Labute approximate surface area is 780 Å². The number of alkyl carbamates (subject to hydrolysis) is 2. The molecule has 31 nitrogen and oxygen atoms in total. The summed E-state index contributed by atoms with van der Waals surface area (Å²) < 4.78 is 91.3. The van der Waals surface area contributed by atoms with Crippen molar-refractivity contribution in [2.75, 3.05) is 27.3 Å². The van der Waals surface area contributed by atoms with Crippen molar-refractivity contribution in [1.29, 1.82) is 1.34 Å². The number of hydrogen-bond donors (Lipinski definition) is 7. The van der Waals surface area contributed by atoms with Crippen LogP contribution in [-0.4, -0.2) is 205 Å². The topological polar surface area (TPSA) is 425 Å². The summed E-state index contributed by atoms with van der Waals surface area (Å²) in [7, 11) is -0.716. The molecule has 2 aliphatic heterocycles. The molecule has 129 heavy (non-hydrogen) atoms. The van der Waals surface area contributed by atoms with E-state index in [4.69, 9.17) is 44.9 Å². The van der Waals surface area contributed by atoms with Crippen LogP contribution in [0.2, 0.25) is 0 Å². The number of carbonyl (C=O) groups excluding carboxylic acids is 7. The summed E-state index contributed by atoms with van der Waals surface area (Å²) in [6.07, 6.45) is 9.62. The molecular weight excluding hydrogens is 1910 g/mol. The molecule has 35 heteroatoms. The van der Waals surface area contributed by atoms with E-state index in [1.807, 2.05) is 103 Å². The normalized spacial score (nSPS) is 21.5. The number of fused-ring (bicyclic) bond motifs is 2. The number of carboxylic acid groups (broad SMARTS) is 1. The van der Waals surface area contributed by atoms with E-state index >= 15 is 0 Å². The minimum atomic E-state index is -4.20. The molecule has 6 aliphatic rings. The molecule has 2 saturated heterocycles. The average molecular weight is 2030 g/mol. The van der Waals surface area contributed by atoms with Crippen LogP contribution in [-0.2, 0) is 71.1 Å². The van der Waals surface area contributed by atoms with Crippen LogP contribution < -0.4 is 50.1 Å². The molecule has 4 aromatic heterocycles. The van der Waals surface area contributed by atoms with Crippen LogP contribution in [0.25, 0.3) is 44.3 Å². The van der Waals surface area contributed by atoms with Gasteiger partial charge in [-0.1, -0.05) is 114 Å². The Morgan fingerprint density at radius 1 is 0.558 bits per heavy atom. The number of carbonyl (C=O) groups is 8. The van der Waals surface area contributed by atoms with Gasteiger partial charge in [-0.2, -0.15) is 0 Å². The third-order valence-electron chi connectivity index (χ3n) is 23.6. The Balaban J connectivity index is 0.000000233. The Hall–Kier alpha value is -11.0. The van der Waals surface area contributed by atoms with Crippen molar-refractivity contribution < 1.29 is 120 Å². The minimum Gasteiger partial charge on any atom is -0.497 e. The predicted octanol–water partition coefficient (Wildman–Crippen LogP) is 11.0. The zero-order valence-electron chi connectivity index (χ0n) is 76.1. The summed E-state index contributed by atoms with van der Waals surface area (Å²) in [5, 5.41) is 27.6. The van der Waals surface area contributed by atoms with Crippen molar-refractivity contribution in [3.8, 4) is 45.5 Å². The second-order valence-corrected chi connectivity index (χ2v) is 41.6. The van der Waals surface area contributed by atoms with Crippen molar-refractivity contribution in [3.63, 3.8) is 0 Å². The van der Waals surface area contributed by atoms with Crippen molar-refractivity contribution >= 4 is 97.9 Å². The number of carboxylic acids is 1. The smallest absolute Gasteiger partial charge is 0.408 e. The van der Waals surface area contributed by atoms with E-state index in [1.54, 1.807) is 152 Å². The number of aliphatic carboxylic acids is 1. The SMILES string of the molecule is C=C[C@@H]1C[C@]1(NC(=O)[C@@H]1C[C@@H](Oc2cc(-c3ccccc3)nc3cc(OC)ccc23)CN1C(=O)[C@@H](NC(=O)OC(C)(C)C)C(C)(C)C)C(=O)NS(=O)(=O)C1(Cc2ccncc2)CC1.C=C[C@@H]1C[C@]1(NC(=O)[C@@H]1C[C@@H](Oc2cc(-c3ccccc3)nc3cc(OC)ccc23)CN1C(=O)[C@@H](NC(=O)OC(C)(C)C)C(C)(C)C)C(=O)O.NS(=O)(=O)C1(Cc2ccncc2)CC1.[2H][B].[U]. The maximum Gasteiger partial charge on any atom is 0.408 e. The number of primary sulfonamides is 1. The number of aromatic nitrogens is 4. The number of rotatable bonds is 27. The fourth-order valence-electron chi connectivity index (χ4n) is 16.0. The molecule has 684 valence electrons. The molecule has 8 N–H and O–H groups in total. The zero-order chi connectivity index (χ0) is 94.4. The first-order chi connectivity index (χ1) is 60.7. The predicted molar refractivity (Wildman–Crippen MR) is 485 cm³/mol. The summed E-state index contributed by atoms with van der Waals surface area (Å²) >= 11 is 0. The molecule has 6 fully saturated rings. The Morgan fingerprint density at radius 2 is 0.930 bits per heavy atom. The maximum absolute atomic E-state index is 14.8. The van der Waals surface area contributed by atoms with E-state index in [-0.39, 0.29) is 76.3 Å². The van der Waals surface area contributed by atoms with Crippen LogP contribution in [0.4, 0.5) is 9.59 Å². The molecule has 4 saturated carbocycles. The number of ether oxygens (including phenoxy) is 6. The van der Waals surface area contributed by atoms with Gasteiger partial charge in [0.1, 0.15) is 81.7 Å². The molecule has 0 spiro atoms. The number of sulfonamides is 2. The van der Waals surface area contributed by atoms with Crippen LogP contribution in [0, 0.1) is 53.8 Å². The van der Waals surface area contributed by atoms with Crippen LogP contribution in [0.3, 0.4) is 0 Å². The van der Waals surface area contributed by atoms with Crippen LogP contribution in [0.1, 0.15) is 146 Å². The van der Waals surface area contributed by atoms with Gasteiger partial charge in [0.05, 0.1) is 59.2 Å². The Morgan fingerprint density at radius 3 is 1.26 bits per heavy atom. The molecular formula is C94H115BN12O19S2U. The van der Waals surface area contributed by atoms with Gasteiger partial charge in [-0.15, -0.1) is 13.2 Å². The van der Waals surface area contributed by atoms with Crippen LogP contribution in [0.5, 0.6) is 23.0 Å². The molecule has 10 atom stereocenters. The Bertz CT molecular complexity index is 5750. The molecule has 14 rings (SSSR count). The number of nitrogens with one attached hydrogen (secondary N) is 5. The summed E-state index contributed by atoms with van der Waals surface area (Å²) in [5.41, 5.74) is -0.489. The number of pyridine rings is 4. The van der Waals surface area contributed by atoms with Crippen LogP contribution in [0.15, 0.2) is 184 Å². The number of amides is 7. The molecule has 8 aromatic rings. The van der Waals surface area contributed by atoms with E-state index in [0.717, 1.165) is 22.3 Å². The van der Waals surface area contributed by atoms with E-state index in [1.165, 1.54) is 22.0 Å². The minimum absolute atomic E-state index is 0. The first-order valence-electron chi connectivity index (χ1n) is 42.8. The van der Waals surface area contributed by atoms with Gasteiger partial charge in [0.25, 0.3) is 5.91 Å². The van der Waals surface area contributed by atoms with Gasteiger partial charge in [-0.3, -0.25) is 38.7 Å².